The van der Waals surface area contributed by atoms with Crippen molar-refractivity contribution in [3.05, 3.63) is 71.7 Å². The number of carbonyl (C=O) groups excluding carboxylic acids is 1. The van der Waals surface area contributed by atoms with E-state index in [0.717, 1.165) is 34.9 Å². The highest BCUT2D eigenvalue weighted by Gasteiger charge is 2.15. The van der Waals surface area contributed by atoms with Crippen molar-refractivity contribution in [2.45, 2.75) is 43.5 Å². The normalized spacial score (nSPS) is 15.3. The van der Waals surface area contributed by atoms with Crippen LogP contribution in [0.4, 0.5) is 0 Å². The monoisotopic (exact) mass is 476 g/mol. The third kappa shape index (κ3) is 5.69. The fraction of sp³-hybridized carbons (Fsp3) is 0.269. The minimum absolute atomic E-state index is 0.162. The molecule has 0 spiro atoms. The van der Waals surface area contributed by atoms with E-state index in [1.54, 1.807) is 24.7 Å². The van der Waals surface area contributed by atoms with E-state index in [4.69, 9.17) is 10.5 Å². The van der Waals surface area contributed by atoms with Crippen LogP contribution in [-0.4, -0.2) is 33.6 Å². The van der Waals surface area contributed by atoms with E-state index in [1.165, 1.54) is 12.6 Å². The molecular weight excluding hydrogens is 448 g/mol. The van der Waals surface area contributed by atoms with Gasteiger partial charge in [-0.25, -0.2) is 0 Å². The van der Waals surface area contributed by atoms with Crippen molar-refractivity contribution >= 4 is 33.8 Å². The van der Waals surface area contributed by atoms with Crippen LogP contribution < -0.4 is 15.8 Å². The predicted octanol–water partition coefficient (Wildman–Crippen LogP) is 4.16. The molecular formula is C26H28N4O3S. The zero-order valence-electron chi connectivity index (χ0n) is 19.3. The Hall–Kier alpha value is -3.52. The van der Waals surface area contributed by atoms with Gasteiger partial charge in [-0.15, -0.1) is 0 Å². The van der Waals surface area contributed by atoms with Crippen LogP contribution >= 0.6 is 0 Å². The van der Waals surface area contributed by atoms with Crippen molar-refractivity contribution in [3.8, 4) is 11.5 Å². The number of nitrogens with one attached hydrogen (secondary N) is 1. The Morgan fingerprint density at radius 3 is 2.74 bits per heavy atom. The number of benzene rings is 2. The Morgan fingerprint density at radius 2 is 2.06 bits per heavy atom. The van der Waals surface area contributed by atoms with Crippen molar-refractivity contribution < 1.29 is 13.7 Å². The van der Waals surface area contributed by atoms with Gasteiger partial charge in [0.2, 0.25) is 5.91 Å². The van der Waals surface area contributed by atoms with E-state index in [0.29, 0.717) is 28.1 Å². The average molecular weight is 477 g/mol. The standard InChI is InChI=1S/C26H28N4O3S/c1-17-12-18(13-26(31)30-20(15-27)16-29-19-4-3-5-19)6-9-24(17)33-25-10-11-28-23-8-7-21(34(2)32)14-22(23)25/h6-12,14-16,19H,3-5,13,27H2,1-2H3,(H,30,31)/b20-15+,29-16?. The third-order valence-corrected chi connectivity index (χ3v) is 6.71. The number of fused-ring (bicyclic) bond motifs is 1. The SMILES string of the molecule is Cc1cc(CC(=O)N/C(C=NC2CCC2)=C/N)ccc1Oc1ccnc2ccc(S(C)=O)cc12. The summed E-state index contributed by atoms with van der Waals surface area (Å²) in [4.78, 5) is 22.0. The molecule has 2 aromatic carbocycles. The molecule has 0 bridgehead atoms. The van der Waals surface area contributed by atoms with E-state index in [2.05, 4.69) is 15.3 Å². The number of aromatic nitrogens is 1. The molecule has 34 heavy (non-hydrogen) atoms. The molecule has 176 valence electrons. The number of rotatable bonds is 8. The van der Waals surface area contributed by atoms with Gasteiger partial charge in [0, 0.05) is 45.9 Å². The summed E-state index contributed by atoms with van der Waals surface area (Å²) >= 11 is 0. The van der Waals surface area contributed by atoms with Crippen LogP contribution in [0.2, 0.25) is 0 Å². The van der Waals surface area contributed by atoms with Crippen LogP contribution in [0.5, 0.6) is 11.5 Å². The fourth-order valence-electron chi connectivity index (χ4n) is 3.65. The summed E-state index contributed by atoms with van der Waals surface area (Å²) in [5.74, 6) is 1.15. The van der Waals surface area contributed by atoms with Gasteiger partial charge in [-0.3, -0.25) is 19.0 Å². The molecule has 1 heterocycles. The van der Waals surface area contributed by atoms with Crippen molar-refractivity contribution in [3.63, 3.8) is 0 Å². The summed E-state index contributed by atoms with van der Waals surface area (Å²) in [6.45, 7) is 1.93. The summed E-state index contributed by atoms with van der Waals surface area (Å²) in [7, 11) is -1.10. The summed E-state index contributed by atoms with van der Waals surface area (Å²) in [6.07, 6.45) is 9.92. The largest absolute Gasteiger partial charge is 0.456 e. The first-order valence-corrected chi connectivity index (χ1v) is 12.7. The average Bonchev–Trinajstić information content (AvgIpc) is 2.78. The van der Waals surface area contributed by atoms with Crippen molar-refractivity contribution in [1.82, 2.24) is 10.3 Å². The van der Waals surface area contributed by atoms with E-state index in [1.807, 2.05) is 43.3 Å². The molecule has 3 N–H and O–H groups in total. The van der Waals surface area contributed by atoms with E-state index in [9.17, 15) is 9.00 Å². The summed E-state index contributed by atoms with van der Waals surface area (Å²) < 4.78 is 18.1. The number of carbonyl (C=O) groups is 1. The zero-order valence-corrected chi connectivity index (χ0v) is 20.1. The molecule has 1 unspecified atom stereocenters. The smallest absolute Gasteiger partial charge is 0.228 e. The molecule has 3 aromatic rings. The van der Waals surface area contributed by atoms with Gasteiger partial charge >= 0.3 is 0 Å². The van der Waals surface area contributed by atoms with Crippen LogP contribution in [0.15, 0.2) is 70.4 Å². The number of aryl methyl sites for hydroxylation is 1. The first-order chi connectivity index (χ1) is 16.4. The first kappa shape index (κ1) is 23.6. The molecule has 1 amide bonds. The lowest BCUT2D eigenvalue weighted by Crippen LogP contribution is -2.26. The minimum Gasteiger partial charge on any atom is -0.456 e. The van der Waals surface area contributed by atoms with E-state index in [-0.39, 0.29) is 12.3 Å². The number of hydrogen-bond acceptors (Lipinski definition) is 6. The topological polar surface area (TPSA) is 107 Å². The molecule has 0 aliphatic heterocycles. The van der Waals surface area contributed by atoms with Gasteiger partial charge in [0.1, 0.15) is 11.5 Å². The fourth-order valence-corrected chi connectivity index (χ4v) is 4.19. The predicted molar refractivity (Wildman–Crippen MR) is 136 cm³/mol. The second kappa shape index (κ2) is 10.6. The number of hydrogen-bond donors (Lipinski definition) is 2. The number of aliphatic imine (C=N–C) groups is 1. The molecule has 1 aliphatic rings. The van der Waals surface area contributed by atoms with Crippen LogP contribution in [0.25, 0.3) is 10.9 Å². The maximum atomic E-state index is 12.5. The van der Waals surface area contributed by atoms with Crippen LogP contribution in [-0.2, 0) is 22.0 Å². The summed E-state index contributed by atoms with van der Waals surface area (Å²) in [5, 5.41) is 3.61. The lowest BCUT2D eigenvalue weighted by molar-refractivity contribution is -0.119. The van der Waals surface area contributed by atoms with Gasteiger partial charge in [0.15, 0.2) is 0 Å². The molecule has 4 rings (SSSR count). The van der Waals surface area contributed by atoms with E-state index >= 15 is 0 Å². The Balaban J connectivity index is 1.45. The second-order valence-electron chi connectivity index (χ2n) is 8.35. The van der Waals surface area contributed by atoms with Crippen LogP contribution in [0, 0.1) is 6.92 Å². The Kier molecular flexibility index (Phi) is 7.37. The maximum Gasteiger partial charge on any atom is 0.228 e. The summed E-state index contributed by atoms with van der Waals surface area (Å²) in [5.41, 5.74) is 8.66. The molecule has 1 aliphatic carbocycles. The molecule has 7 nitrogen and oxygen atoms in total. The highest BCUT2D eigenvalue weighted by Crippen LogP contribution is 2.32. The van der Waals surface area contributed by atoms with Gasteiger partial charge in [0.25, 0.3) is 0 Å². The Morgan fingerprint density at radius 1 is 1.24 bits per heavy atom. The Labute approximate surface area is 201 Å². The lowest BCUT2D eigenvalue weighted by atomic mass is 9.94. The number of nitrogens with two attached hydrogens (primary N) is 1. The van der Waals surface area contributed by atoms with E-state index < -0.39 is 10.8 Å². The molecule has 8 heteroatoms. The van der Waals surface area contributed by atoms with Crippen molar-refractivity contribution in [2.75, 3.05) is 6.26 Å². The van der Waals surface area contributed by atoms with Crippen LogP contribution in [0.1, 0.15) is 30.4 Å². The molecule has 1 aromatic heterocycles. The molecule has 1 atom stereocenters. The molecule has 1 fully saturated rings. The first-order valence-electron chi connectivity index (χ1n) is 11.2. The quantitative estimate of drug-likeness (QED) is 0.475. The number of pyridine rings is 1. The van der Waals surface area contributed by atoms with Crippen LogP contribution in [0.3, 0.4) is 0 Å². The highest BCUT2D eigenvalue weighted by molar-refractivity contribution is 7.84. The van der Waals surface area contributed by atoms with Gasteiger partial charge in [-0.2, -0.15) is 0 Å². The summed E-state index contributed by atoms with van der Waals surface area (Å²) in [6, 6.07) is 13.3. The number of nitrogens with zero attached hydrogens (tertiary/aromatic N) is 2. The highest BCUT2D eigenvalue weighted by atomic mass is 32.2. The third-order valence-electron chi connectivity index (χ3n) is 5.79. The molecule has 0 radical (unpaired) electrons. The second-order valence-corrected chi connectivity index (χ2v) is 9.73. The maximum absolute atomic E-state index is 12.5. The number of allylic oxidation sites excluding steroid dienone is 1. The molecule has 0 saturated heterocycles. The zero-order chi connectivity index (χ0) is 24.1. The lowest BCUT2D eigenvalue weighted by Gasteiger charge is -2.20. The van der Waals surface area contributed by atoms with Gasteiger partial charge in [-0.1, -0.05) is 12.1 Å². The van der Waals surface area contributed by atoms with Gasteiger partial charge < -0.3 is 15.8 Å². The Bertz CT molecular complexity index is 1300. The van der Waals surface area contributed by atoms with Crippen molar-refractivity contribution in [1.29, 1.82) is 0 Å². The minimum atomic E-state index is -1.10. The molecule has 1 saturated carbocycles. The van der Waals surface area contributed by atoms with Crippen molar-refractivity contribution in [2.24, 2.45) is 10.7 Å². The number of ether oxygens (including phenoxy) is 1. The van der Waals surface area contributed by atoms with Gasteiger partial charge in [0.05, 0.1) is 23.7 Å². The van der Waals surface area contributed by atoms with Gasteiger partial charge in [-0.05, 0) is 67.6 Å². The number of amides is 1.